The molecule has 0 amide bonds. The fourth-order valence-electron chi connectivity index (χ4n) is 1.71. The molecule has 0 bridgehead atoms. The van der Waals surface area contributed by atoms with Crippen molar-refractivity contribution in [1.82, 2.24) is 0 Å². The van der Waals surface area contributed by atoms with Gasteiger partial charge in [-0.05, 0) is 35.9 Å². The van der Waals surface area contributed by atoms with Crippen molar-refractivity contribution < 1.29 is 4.74 Å². The zero-order valence-corrected chi connectivity index (χ0v) is 9.47. The van der Waals surface area contributed by atoms with E-state index in [4.69, 9.17) is 15.7 Å². The standard InChI is InChI=1S/C14H12N2O/c1-17-14-6-5-10(9-15)7-13(14)11-3-2-4-12(16)8-11/h2-8H,16H2,1H3. The van der Waals surface area contributed by atoms with E-state index in [9.17, 15) is 0 Å². The number of hydrogen-bond acceptors (Lipinski definition) is 3. The molecule has 0 radical (unpaired) electrons. The number of nitrogens with zero attached hydrogens (tertiary/aromatic N) is 1. The number of methoxy groups -OCH3 is 1. The van der Waals surface area contributed by atoms with Gasteiger partial charge < -0.3 is 10.5 Å². The SMILES string of the molecule is COc1ccc(C#N)cc1-c1cccc(N)c1. The average molecular weight is 224 g/mol. The van der Waals surface area contributed by atoms with Crippen LogP contribution in [-0.4, -0.2) is 7.11 Å². The molecule has 0 atom stereocenters. The molecule has 0 saturated heterocycles. The van der Waals surface area contributed by atoms with Crippen molar-refractivity contribution in [2.75, 3.05) is 12.8 Å². The lowest BCUT2D eigenvalue weighted by Gasteiger charge is -2.09. The first kappa shape index (κ1) is 11.0. The molecule has 0 fully saturated rings. The minimum Gasteiger partial charge on any atom is -0.496 e. The normalized spacial score (nSPS) is 9.65. The molecule has 0 saturated carbocycles. The van der Waals surface area contributed by atoms with Crippen molar-refractivity contribution in [2.24, 2.45) is 0 Å². The number of benzene rings is 2. The highest BCUT2D eigenvalue weighted by Gasteiger charge is 2.07. The van der Waals surface area contributed by atoms with Gasteiger partial charge in [0, 0.05) is 11.3 Å². The Morgan fingerprint density at radius 2 is 2.00 bits per heavy atom. The molecule has 3 heteroatoms. The number of nitrogens with two attached hydrogens (primary N) is 1. The second-order valence-electron chi connectivity index (χ2n) is 3.65. The molecule has 0 unspecified atom stereocenters. The van der Waals surface area contributed by atoms with Crippen molar-refractivity contribution >= 4 is 5.69 Å². The molecule has 0 aliphatic carbocycles. The predicted molar refractivity (Wildman–Crippen MR) is 67.6 cm³/mol. The fourth-order valence-corrected chi connectivity index (χ4v) is 1.71. The molecule has 2 aromatic rings. The van der Waals surface area contributed by atoms with Gasteiger partial charge in [-0.3, -0.25) is 0 Å². The van der Waals surface area contributed by atoms with Crippen molar-refractivity contribution in [2.45, 2.75) is 0 Å². The summed E-state index contributed by atoms with van der Waals surface area (Å²) in [5, 5.41) is 8.91. The maximum Gasteiger partial charge on any atom is 0.126 e. The summed E-state index contributed by atoms with van der Waals surface area (Å²) in [4.78, 5) is 0. The van der Waals surface area contributed by atoms with Gasteiger partial charge in [0.25, 0.3) is 0 Å². The van der Waals surface area contributed by atoms with Crippen LogP contribution >= 0.6 is 0 Å². The van der Waals surface area contributed by atoms with E-state index in [1.807, 2.05) is 24.3 Å². The highest BCUT2D eigenvalue weighted by Crippen LogP contribution is 2.31. The molecule has 84 valence electrons. The van der Waals surface area contributed by atoms with Crippen LogP contribution in [0, 0.1) is 11.3 Å². The van der Waals surface area contributed by atoms with Gasteiger partial charge in [-0.25, -0.2) is 0 Å². The highest BCUT2D eigenvalue weighted by atomic mass is 16.5. The quantitative estimate of drug-likeness (QED) is 0.798. The van der Waals surface area contributed by atoms with Gasteiger partial charge in [-0.2, -0.15) is 5.26 Å². The first-order valence-electron chi connectivity index (χ1n) is 5.18. The third kappa shape index (κ3) is 2.21. The summed E-state index contributed by atoms with van der Waals surface area (Å²) >= 11 is 0. The van der Waals surface area contributed by atoms with Gasteiger partial charge in [-0.1, -0.05) is 12.1 Å². The van der Waals surface area contributed by atoms with Crippen LogP contribution in [0.3, 0.4) is 0 Å². The van der Waals surface area contributed by atoms with Crippen LogP contribution in [0.4, 0.5) is 5.69 Å². The van der Waals surface area contributed by atoms with Crippen LogP contribution in [0.25, 0.3) is 11.1 Å². The second kappa shape index (κ2) is 4.58. The molecule has 2 aromatic carbocycles. The Morgan fingerprint density at radius 3 is 2.65 bits per heavy atom. The lowest BCUT2D eigenvalue weighted by Crippen LogP contribution is -1.90. The number of hydrogen-bond donors (Lipinski definition) is 1. The monoisotopic (exact) mass is 224 g/mol. The first-order valence-corrected chi connectivity index (χ1v) is 5.18. The van der Waals surface area contributed by atoms with Crippen LogP contribution < -0.4 is 10.5 Å². The van der Waals surface area contributed by atoms with E-state index in [0.29, 0.717) is 11.3 Å². The molecule has 0 heterocycles. The first-order chi connectivity index (χ1) is 8.24. The minimum absolute atomic E-state index is 0.600. The Kier molecular flexibility index (Phi) is 2.97. The zero-order valence-electron chi connectivity index (χ0n) is 9.47. The predicted octanol–water partition coefficient (Wildman–Crippen LogP) is 2.82. The number of nitrogen functional groups attached to an aromatic ring is 1. The molecule has 0 spiro atoms. The Morgan fingerprint density at radius 1 is 1.18 bits per heavy atom. The van der Waals surface area contributed by atoms with Gasteiger partial charge in [0.1, 0.15) is 5.75 Å². The molecular formula is C14H12N2O. The van der Waals surface area contributed by atoms with E-state index in [1.54, 1.807) is 25.3 Å². The maximum absolute atomic E-state index is 8.91. The third-order valence-electron chi connectivity index (χ3n) is 2.53. The van der Waals surface area contributed by atoms with E-state index in [1.165, 1.54) is 0 Å². The molecule has 0 aromatic heterocycles. The summed E-state index contributed by atoms with van der Waals surface area (Å²) < 4.78 is 5.29. The van der Waals surface area contributed by atoms with E-state index >= 15 is 0 Å². The lowest BCUT2D eigenvalue weighted by atomic mass is 10.0. The smallest absolute Gasteiger partial charge is 0.126 e. The van der Waals surface area contributed by atoms with Crippen molar-refractivity contribution in [3.05, 3.63) is 48.0 Å². The third-order valence-corrected chi connectivity index (χ3v) is 2.53. The number of ether oxygens (including phenoxy) is 1. The Hall–Kier alpha value is -2.47. The van der Waals surface area contributed by atoms with E-state index in [0.717, 1.165) is 16.9 Å². The lowest BCUT2D eigenvalue weighted by molar-refractivity contribution is 0.416. The van der Waals surface area contributed by atoms with Crippen LogP contribution in [0.15, 0.2) is 42.5 Å². The minimum atomic E-state index is 0.600. The van der Waals surface area contributed by atoms with Gasteiger partial charge in [0.2, 0.25) is 0 Å². The maximum atomic E-state index is 8.91. The summed E-state index contributed by atoms with van der Waals surface area (Å²) in [6.07, 6.45) is 0. The van der Waals surface area contributed by atoms with Crippen molar-refractivity contribution in [1.29, 1.82) is 5.26 Å². The van der Waals surface area contributed by atoms with Crippen LogP contribution in [0.5, 0.6) is 5.75 Å². The van der Waals surface area contributed by atoms with Crippen molar-refractivity contribution in [3.8, 4) is 22.9 Å². The largest absolute Gasteiger partial charge is 0.496 e. The number of anilines is 1. The average Bonchev–Trinajstić information content (AvgIpc) is 2.38. The van der Waals surface area contributed by atoms with Gasteiger partial charge >= 0.3 is 0 Å². The van der Waals surface area contributed by atoms with Crippen LogP contribution in [0.1, 0.15) is 5.56 Å². The molecule has 2 rings (SSSR count). The van der Waals surface area contributed by atoms with Crippen molar-refractivity contribution in [3.63, 3.8) is 0 Å². The Bertz CT molecular complexity index is 585. The molecule has 0 aliphatic rings. The molecule has 17 heavy (non-hydrogen) atoms. The van der Waals surface area contributed by atoms with E-state index in [2.05, 4.69) is 6.07 Å². The summed E-state index contributed by atoms with van der Waals surface area (Å²) in [6, 6.07) is 14.9. The van der Waals surface area contributed by atoms with Gasteiger partial charge in [0.05, 0.1) is 18.7 Å². The highest BCUT2D eigenvalue weighted by molar-refractivity contribution is 5.74. The summed E-state index contributed by atoms with van der Waals surface area (Å²) in [6.45, 7) is 0. The fraction of sp³-hybridized carbons (Fsp3) is 0.0714. The van der Waals surface area contributed by atoms with Crippen LogP contribution in [-0.2, 0) is 0 Å². The van der Waals surface area contributed by atoms with Gasteiger partial charge in [-0.15, -0.1) is 0 Å². The number of nitriles is 1. The zero-order chi connectivity index (χ0) is 12.3. The Labute approximate surface area is 100 Å². The van der Waals surface area contributed by atoms with E-state index < -0.39 is 0 Å². The summed E-state index contributed by atoms with van der Waals surface area (Å²) in [5.74, 6) is 0.731. The molecule has 0 aliphatic heterocycles. The molecule has 2 N–H and O–H groups in total. The van der Waals surface area contributed by atoms with Gasteiger partial charge in [0.15, 0.2) is 0 Å². The van der Waals surface area contributed by atoms with Crippen LogP contribution in [0.2, 0.25) is 0 Å². The summed E-state index contributed by atoms with van der Waals surface area (Å²) in [5.41, 5.74) is 8.86. The number of rotatable bonds is 2. The Balaban J connectivity index is 2.61. The summed E-state index contributed by atoms with van der Waals surface area (Å²) in [7, 11) is 1.61. The molecule has 3 nitrogen and oxygen atoms in total. The topological polar surface area (TPSA) is 59.0 Å². The second-order valence-corrected chi connectivity index (χ2v) is 3.65. The van der Waals surface area contributed by atoms with E-state index in [-0.39, 0.29) is 0 Å². The molecular weight excluding hydrogens is 212 g/mol.